The molecule has 0 aliphatic carbocycles. The fourth-order valence-corrected chi connectivity index (χ4v) is 3.45. The lowest BCUT2D eigenvalue weighted by Crippen LogP contribution is -2.45. The predicted octanol–water partition coefficient (Wildman–Crippen LogP) is 2.54. The van der Waals surface area contributed by atoms with Crippen LogP contribution in [0.4, 0.5) is 0 Å². The summed E-state index contributed by atoms with van der Waals surface area (Å²) in [4.78, 5) is 2.59. The third kappa shape index (κ3) is 2.49. The summed E-state index contributed by atoms with van der Waals surface area (Å²) in [5.74, 6) is 0.757. The Morgan fingerprint density at radius 2 is 1.94 bits per heavy atom. The summed E-state index contributed by atoms with van der Waals surface area (Å²) in [7, 11) is 2.29. The van der Waals surface area contributed by atoms with Crippen molar-refractivity contribution in [1.82, 2.24) is 4.90 Å². The van der Waals surface area contributed by atoms with E-state index in [0.29, 0.717) is 6.04 Å². The molecule has 0 amide bonds. The molecular weight excluding hydrogens is 196 g/mol. The SMILES string of the molecule is C=C(C)CCC(N)C1CC2CCC(C1)N2C. The number of nitrogens with zero attached hydrogens (tertiary/aromatic N) is 1. The van der Waals surface area contributed by atoms with Gasteiger partial charge in [0.15, 0.2) is 0 Å². The van der Waals surface area contributed by atoms with Gasteiger partial charge in [-0.05, 0) is 58.4 Å². The van der Waals surface area contributed by atoms with Gasteiger partial charge in [0.05, 0.1) is 0 Å². The number of rotatable bonds is 4. The molecule has 92 valence electrons. The van der Waals surface area contributed by atoms with E-state index in [1.54, 1.807) is 0 Å². The van der Waals surface area contributed by atoms with Crippen molar-refractivity contribution in [3.8, 4) is 0 Å². The Kier molecular flexibility index (Phi) is 3.70. The average molecular weight is 222 g/mol. The van der Waals surface area contributed by atoms with E-state index in [9.17, 15) is 0 Å². The molecule has 2 bridgehead atoms. The Balaban J connectivity index is 1.85. The maximum absolute atomic E-state index is 6.33. The lowest BCUT2D eigenvalue weighted by Gasteiger charge is -2.38. The van der Waals surface area contributed by atoms with Crippen molar-refractivity contribution in [3.63, 3.8) is 0 Å². The first-order valence-electron chi connectivity index (χ1n) is 6.70. The molecule has 2 nitrogen and oxygen atoms in total. The van der Waals surface area contributed by atoms with Crippen molar-refractivity contribution in [2.24, 2.45) is 11.7 Å². The van der Waals surface area contributed by atoms with Crippen LogP contribution >= 0.6 is 0 Å². The zero-order valence-corrected chi connectivity index (χ0v) is 10.8. The van der Waals surface area contributed by atoms with E-state index in [-0.39, 0.29) is 0 Å². The first-order valence-corrected chi connectivity index (χ1v) is 6.70. The fraction of sp³-hybridized carbons (Fsp3) is 0.857. The molecule has 2 fully saturated rings. The summed E-state index contributed by atoms with van der Waals surface area (Å²) in [6.45, 7) is 6.06. The summed E-state index contributed by atoms with van der Waals surface area (Å²) < 4.78 is 0. The van der Waals surface area contributed by atoms with Gasteiger partial charge in [-0.1, -0.05) is 5.57 Å². The van der Waals surface area contributed by atoms with Gasteiger partial charge in [-0.2, -0.15) is 0 Å². The Hall–Kier alpha value is -0.340. The van der Waals surface area contributed by atoms with Crippen molar-refractivity contribution in [3.05, 3.63) is 12.2 Å². The number of fused-ring (bicyclic) bond motifs is 2. The first kappa shape index (κ1) is 12.1. The summed E-state index contributed by atoms with van der Waals surface area (Å²) in [5.41, 5.74) is 7.60. The third-order valence-corrected chi connectivity index (χ3v) is 4.64. The van der Waals surface area contributed by atoms with Crippen LogP contribution in [0, 0.1) is 5.92 Å². The molecule has 0 spiro atoms. The molecule has 0 saturated carbocycles. The Morgan fingerprint density at radius 3 is 2.44 bits per heavy atom. The van der Waals surface area contributed by atoms with Crippen LogP contribution < -0.4 is 5.73 Å². The summed E-state index contributed by atoms with van der Waals surface area (Å²) in [6.07, 6.45) is 7.66. The highest BCUT2D eigenvalue weighted by Gasteiger charge is 2.39. The van der Waals surface area contributed by atoms with E-state index in [4.69, 9.17) is 5.73 Å². The molecule has 0 aromatic carbocycles. The number of hydrogen-bond donors (Lipinski definition) is 1. The van der Waals surface area contributed by atoms with Crippen molar-refractivity contribution in [2.75, 3.05) is 7.05 Å². The van der Waals surface area contributed by atoms with Gasteiger partial charge in [0.25, 0.3) is 0 Å². The molecule has 3 atom stereocenters. The van der Waals surface area contributed by atoms with Crippen molar-refractivity contribution in [2.45, 2.75) is 63.6 Å². The highest BCUT2D eigenvalue weighted by atomic mass is 15.2. The van der Waals surface area contributed by atoms with E-state index in [1.165, 1.54) is 31.3 Å². The zero-order valence-electron chi connectivity index (χ0n) is 10.8. The van der Waals surface area contributed by atoms with Gasteiger partial charge < -0.3 is 10.6 Å². The van der Waals surface area contributed by atoms with Gasteiger partial charge in [0.1, 0.15) is 0 Å². The highest BCUT2D eigenvalue weighted by Crippen LogP contribution is 2.39. The van der Waals surface area contributed by atoms with Crippen LogP contribution in [0.2, 0.25) is 0 Å². The van der Waals surface area contributed by atoms with Gasteiger partial charge in [-0.25, -0.2) is 0 Å². The standard InChI is InChI=1S/C14H26N2/c1-10(2)4-7-14(15)11-8-12-5-6-13(9-11)16(12)3/h11-14H,1,4-9,15H2,2-3H3. The molecule has 0 radical (unpaired) electrons. The van der Waals surface area contributed by atoms with Crippen LogP contribution in [0.3, 0.4) is 0 Å². The number of allylic oxidation sites excluding steroid dienone is 1. The van der Waals surface area contributed by atoms with Crippen molar-refractivity contribution < 1.29 is 0 Å². The maximum atomic E-state index is 6.33. The number of hydrogen-bond acceptors (Lipinski definition) is 2. The Labute approximate surface area is 99.9 Å². The maximum Gasteiger partial charge on any atom is 0.00989 e. The molecule has 2 saturated heterocycles. The zero-order chi connectivity index (χ0) is 11.7. The molecule has 2 heterocycles. The minimum Gasteiger partial charge on any atom is -0.327 e. The van der Waals surface area contributed by atoms with Gasteiger partial charge >= 0.3 is 0 Å². The van der Waals surface area contributed by atoms with Crippen LogP contribution in [0.15, 0.2) is 12.2 Å². The molecule has 2 aliphatic heterocycles. The minimum absolute atomic E-state index is 0.397. The molecule has 2 aliphatic rings. The molecular formula is C14H26N2. The Morgan fingerprint density at radius 1 is 1.38 bits per heavy atom. The highest BCUT2D eigenvalue weighted by molar-refractivity contribution is 4.97. The van der Waals surface area contributed by atoms with Crippen molar-refractivity contribution >= 4 is 0 Å². The second kappa shape index (κ2) is 4.89. The molecule has 16 heavy (non-hydrogen) atoms. The molecule has 2 rings (SSSR count). The summed E-state index contributed by atoms with van der Waals surface area (Å²) in [5, 5.41) is 0. The minimum atomic E-state index is 0.397. The largest absolute Gasteiger partial charge is 0.327 e. The van der Waals surface area contributed by atoms with E-state index in [1.807, 2.05) is 0 Å². The summed E-state index contributed by atoms with van der Waals surface area (Å²) in [6, 6.07) is 2.03. The number of piperidine rings is 1. The lowest BCUT2D eigenvalue weighted by molar-refractivity contribution is 0.119. The third-order valence-electron chi connectivity index (χ3n) is 4.64. The average Bonchev–Trinajstić information content (AvgIpc) is 2.50. The lowest BCUT2D eigenvalue weighted by atomic mass is 9.83. The first-order chi connectivity index (χ1) is 7.58. The van der Waals surface area contributed by atoms with Gasteiger partial charge in [-0.15, -0.1) is 6.58 Å². The van der Waals surface area contributed by atoms with Gasteiger partial charge in [-0.3, -0.25) is 0 Å². The van der Waals surface area contributed by atoms with Crippen LogP contribution in [0.25, 0.3) is 0 Å². The van der Waals surface area contributed by atoms with Crippen molar-refractivity contribution in [1.29, 1.82) is 0 Å². The normalized spacial score (nSPS) is 36.3. The van der Waals surface area contributed by atoms with Crippen LogP contribution in [-0.4, -0.2) is 30.1 Å². The molecule has 2 heteroatoms. The predicted molar refractivity (Wildman–Crippen MR) is 69.3 cm³/mol. The van der Waals surface area contributed by atoms with E-state index in [2.05, 4.69) is 25.5 Å². The summed E-state index contributed by atoms with van der Waals surface area (Å²) >= 11 is 0. The van der Waals surface area contributed by atoms with Gasteiger partial charge in [0, 0.05) is 18.1 Å². The topological polar surface area (TPSA) is 29.3 Å². The smallest absolute Gasteiger partial charge is 0.00989 e. The molecule has 0 aromatic rings. The van der Waals surface area contributed by atoms with E-state index >= 15 is 0 Å². The van der Waals surface area contributed by atoms with Crippen LogP contribution in [0.5, 0.6) is 0 Å². The second-order valence-corrected chi connectivity index (χ2v) is 5.94. The monoisotopic (exact) mass is 222 g/mol. The Bertz CT molecular complexity index is 247. The molecule has 0 aromatic heterocycles. The quantitative estimate of drug-likeness (QED) is 0.741. The van der Waals surface area contributed by atoms with E-state index < -0.39 is 0 Å². The number of nitrogens with two attached hydrogens (primary N) is 1. The fourth-order valence-electron chi connectivity index (χ4n) is 3.45. The molecule has 2 N–H and O–H groups in total. The van der Waals surface area contributed by atoms with E-state index in [0.717, 1.165) is 30.8 Å². The van der Waals surface area contributed by atoms with Gasteiger partial charge in [0.2, 0.25) is 0 Å². The second-order valence-electron chi connectivity index (χ2n) is 5.94. The molecule has 3 unspecified atom stereocenters. The van der Waals surface area contributed by atoms with Crippen LogP contribution in [-0.2, 0) is 0 Å². The van der Waals surface area contributed by atoms with Crippen LogP contribution in [0.1, 0.15) is 45.4 Å².